The molecular formula is C18H21NO2. The van der Waals surface area contributed by atoms with Crippen LogP contribution in [0.25, 0.3) is 0 Å². The van der Waals surface area contributed by atoms with Crippen molar-refractivity contribution in [3.8, 4) is 0 Å². The maximum atomic E-state index is 10.8. The Morgan fingerprint density at radius 1 is 1.05 bits per heavy atom. The van der Waals surface area contributed by atoms with Crippen LogP contribution in [-0.4, -0.2) is 23.0 Å². The molecule has 0 spiro atoms. The number of nitrogens with zero attached hydrogens (tertiary/aromatic N) is 1. The third-order valence-corrected chi connectivity index (χ3v) is 3.60. The van der Waals surface area contributed by atoms with Crippen molar-refractivity contribution < 1.29 is 9.90 Å². The second kappa shape index (κ2) is 6.55. The Morgan fingerprint density at radius 2 is 1.71 bits per heavy atom. The van der Waals surface area contributed by atoms with Gasteiger partial charge in [-0.2, -0.15) is 0 Å². The van der Waals surface area contributed by atoms with Gasteiger partial charge in [0.2, 0.25) is 0 Å². The number of aryl methyl sites for hydroxylation is 2. The summed E-state index contributed by atoms with van der Waals surface area (Å²) in [6.45, 7) is 5.92. The van der Waals surface area contributed by atoms with Gasteiger partial charge in [0.25, 0.3) is 0 Å². The second-order valence-electron chi connectivity index (χ2n) is 5.60. The molecule has 0 heterocycles. The highest BCUT2D eigenvalue weighted by molar-refractivity contribution is 5.87. The minimum absolute atomic E-state index is 0.330. The highest BCUT2D eigenvalue weighted by atomic mass is 16.4. The Balaban J connectivity index is 2.02. The lowest BCUT2D eigenvalue weighted by Crippen LogP contribution is -2.18. The van der Waals surface area contributed by atoms with Gasteiger partial charge in [-0.05, 0) is 49.7 Å². The third-order valence-electron chi connectivity index (χ3n) is 3.60. The van der Waals surface area contributed by atoms with Gasteiger partial charge in [-0.3, -0.25) is 4.90 Å². The number of aromatic carboxylic acids is 1. The van der Waals surface area contributed by atoms with Gasteiger partial charge in [0.05, 0.1) is 5.56 Å². The topological polar surface area (TPSA) is 40.5 Å². The molecule has 0 radical (unpaired) electrons. The van der Waals surface area contributed by atoms with Gasteiger partial charge < -0.3 is 5.11 Å². The Morgan fingerprint density at radius 3 is 2.33 bits per heavy atom. The Hall–Kier alpha value is -2.13. The van der Waals surface area contributed by atoms with Crippen LogP contribution >= 0.6 is 0 Å². The molecule has 0 aromatic heterocycles. The minimum atomic E-state index is -0.884. The molecule has 3 heteroatoms. The number of hydrogen-bond donors (Lipinski definition) is 1. The predicted octanol–water partition coefficient (Wildman–Crippen LogP) is 3.63. The van der Waals surface area contributed by atoms with Crippen molar-refractivity contribution in [1.29, 1.82) is 0 Å². The lowest BCUT2D eigenvalue weighted by molar-refractivity contribution is 0.0697. The Labute approximate surface area is 125 Å². The molecule has 0 saturated carbocycles. The molecular weight excluding hydrogens is 262 g/mol. The first-order valence-electron chi connectivity index (χ1n) is 7.02. The van der Waals surface area contributed by atoms with E-state index >= 15 is 0 Å². The normalized spacial score (nSPS) is 10.9. The number of hydrogen-bond acceptors (Lipinski definition) is 2. The summed E-state index contributed by atoms with van der Waals surface area (Å²) in [5.74, 6) is -0.884. The van der Waals surface area contributed by atoms with Crippen LogP contribution in [0.5, 0.6) is 0 Å². The number of carbonyl (C=O) groups is 1. The SMILES string of the molecule is Cc1ccc(C)c(CN(C)Cc2ccc(C(=O)O)cc2)c1. The lowest BCUT2D eigenvalue weighted by Gasteiger charge is -2.18. The van der Waals surface area contributed by atoms with Crippen molar-refractivity contribution in [3.63, 3.8) is 0 Å². The molecule has 0 fully saturated rings. The number of carboxylic acid groups (broad SMARTS) is 1. The first-order valence-corrected chi connectivity index (χ1v) is 7.02. The molecule has 2 aromatic carbocycles. The summed E-state index contributed by atoms with van der Waals surface area (Å²) >= 11 is 0. The van der Waals surface area contributed by atoms with E-state index in [4.69, 9.17) is 5.11 Å². The fourth-order valence-electron chi connectivity index (χ4n) is 2.38. The zero-order valence-corrected chi connectivity index (χ0v) is 12.8. The zero-order valence-electron chi connectivity index (χ0n) is 12.8. The Kier molecular flexibility index (Phi) is 4.76. The van der Waals surface area contributed by atoms with Gasteiger partial charge in [0.1, 0.15) is 0 Å². The van der Waals surface area contributed by atoms with E-state index in [0.29, 0.717) is 5.56 Å². The molecule has 0 aliphatic carbocycles. The summed E-state index contributed by atoms with van der Waals surface area (Å²) in [7, 11) is 2.08. The van der Waals surface area contributed by atoms with Gasteiger partial charge in [0, 0.05) is 13.1 Å². The lowest BCUT2D eigenvalue weighted by atomic mass is 10.0. The van der Waals surface area contributed by atoms with Gasteiger partial charge in [0.15, 0.2) is 0 Å². The number of rotatable bonds is 5. The van der Waals surface area contributed by atoms with E-state index in [0.717, 1.165) is 18.7 Å². The summed E-state index contributed by atoms with van der Waals surface area (Å²) < 4.78 is 0. The smallest absolute Gasteiger partial charge is 0.335 e. The highest BCUT2D eigenvalue weighted by Gasteiger charge is 2.06. The van der Waals surface area contributed by atoms with Crippen LogP contribution < -0.4 is 0 Å². The molecule has 2 aromatic rings. The molecule has 0 saturated heterocycles. The van der Waals surface area contributed by atoms with Crippen molar-refractivity contribution in [2.45, 2.75) is 26.9 Å². The van der Waals surface area contributed by atoms with Crippen molar-refractivity contribution >= 4 is 5.97 Å². The van der Waals surface area contributed by atoms with Crippen LogP contribution in [0.3, 0.4) is 0 Å². The first kappa shape index (κ1) is 15.3. The fraction of sp³-hybridized carbons (Fsp3) is 0.278. The Bertz CT molecular complexity index is 632. The van der Waals surface area contributed by atoms with E-state index in [1.165, 1.54) is 16.7 Å². The van der Waals surface area contributed by atoms with Gasteiger partial charge in [-0.15, -0.1) is 0 Å². The van der Waals surface area contributed by atoms with Crippen LogP contribution in [0.2, 0.25) is 0 Å². The van der Waals surface area contributed by atoms with Crippen LogP contribution in [0, 0.1) is 13.8 Å². The second-order valence-corrected chi connectivity index (χ2v) is 5.60. The van der Waals surface area contributed by atoms with Gasteiger partial charge >= 0.3 is 5.97 Å². The van der Waals surface area contributed by atoms with Gasteiger partial charge in [-0.1, -0.05) is 35.9 Å². The third kappa shape index (κ3) is 4.17. The predicted molar refractivity (Wildman–Crippen MR) is 84.5 cm³/mol. The molecule has 21 heavy (non-hydrogen) atoms. The maximum Gasteiger partial charge on any atom is 0.335 e. The van der Waals surface area contributed by atoms with E-state index in [-0.39, 0.29) is 0 Å². The van der Waals surface area contributed by atoms with E-state index < -0.39 is 5.97 Å². The molecule has 2 rings (SSSR count). The summed E-state index contributed by atoms with van der Waals surface area (Å²) in [4.78, 5) is 13.1. The maximum absolute atomic E-state index is 10.8. The molecule has 0 atom stereocenters. The van der Waals surface area contributed by atoms with Crippen LogP contribution in [0.1, 0.15) is 32.6 Å². The highest BCUT2D eigenvalue weighted by Crippen LogP contribution is 2.14. The molecule has 1 N–H and O–H groups in total. The van der Waals surface area contributed by atoms with Crippen LogP contribution in [0.4, 0.5) is 0 Å². The number of carboxylic acids is 1. The first-order chi connectivity index (χ1) is 9.95. The molecule has 0 unspecified atom stereocenters. The van der Waals surface area contributed by atoms with E-state index in [1.807, 2.05) is 12.1 Å². The monoisotopic (exact) mass is 283 g/mol. The molecule has 3 nitrogen and oxygen atoms in total. The van der Waals surface area contributed by atoms with Crippen molar-refractivity contribution in [1.82, 2.24) is 4.90 Å². The van der Waals surface area contributed by atoms with Crippen molar-refractivity contribution in [3.05, 3.63) is 70.3 Å². The fourth-order valence-corrected chi connectivity index (χ4v) is 2.38. The molecule has 0 aliphatic heterocycles. The molecule has 0 amide bonds. The largest absolute Gasteiger partial charge is 0.478 e. The standard InChI is InChI=1S/C18H21NO2/c1-13-4-5-14(2)17(10-13)12-19(3)11-15-6-8-16(9-7-15)18(20)21/h4-10H,11-12H2,1-3H3,(H,20,21). The van der Waals surface area contributed by atoms with E-state index in [1.54, 1.807) is 12.1 Å². The van der Waals surface area contributed by atoms with Gasteiger partial charge in [-0.25, -0.2) is 4.79 Å². The van der Waals surface area contributed by atoms with Crippen molar-refractivity contribution in [2.75, 3.05) is 7.05 Å². The van der Waals surface area contributed by atoms with E-state index in [9.17, 15) is 4.79 Å². The average Bonchev–Trinajstić information content (AvgIpc) is 2.43. The number of benzene rings is 2. The zero-order chi connectivity index (χ0) is 15.4. The van der Waals surface area contributed by atoms with Crippen molar-refractivity contribution in [2.24, 2.45) is 0 Å². The summed E-state index contributed by atoms with van der Waals surface area (Å²) in [5.41, 5.74) is 5.35. The van der Waals surface area contributed by atoms with Crippen LogP contribution in [0.15, 0.2) is 42.5 Å². The molecule has 0 aliphatic rings. The average molecular weight is 283 g/mol. The minimum Gasteiger partial charge on any atom is -0.478 e. The molecule has 0 bridgehead atoms. The summed E-state index contributed by atoms with van der Waals surface area (Å²) in [5, 5.41) is 8.90. The summed E-state index contributed by atoms with van der Waals surface area (Å²) in [6.07, 6.45) is 0. The van der Waals surface area contributed by atoms with E-state index in [2.05, 4.69) is 44.0 Å². The quantitative estimate of drug-likeness (QED) is 0.911. The molecule has 110 valence electrons. The van der Waals surface area contributed by atoms with Crippen LogP contribution in [-0.2, 0) is 13.1 Å². The summed E-state index contributed by atoms with van der Waals surface area (Å²) in [6, 6.07) is 13.6.